The number of para-hydroxylation sites is 2. The minimum atomic E-state index is -0.807. The first kappa shape index (κ1) is 33.9. The number of fused-ring (bicyclic) bond motifs is 3. The number of amides is 3. The Morgan fingerprint density at radius 1 is 1.00 bits per heavy atom. The topological polar surface area (TPSA) is 93.7 Å². The Balaban J connectivity index is 1.13. The molecule has 9 nitrogen and oxygen atoms in total. The molecule has 260 valence electrons. The number of anilines is 1. The van der Waals surface area contributed by atoms with E-state index in [0.29, 0.717) is 43.2 Å². The molecule has 2 aliphatic rings. The summed E-state index contributed by atoms with van der Waals surface area (Å²) in [6.45, 7) is 4.34. The molecule has 3 amide bonds. The molecule has 3 unspecified atom stereocenters. The average molecular weight is 693 g/mol. The van der Waals surface area contributed by atoms with Crippen LogP contribution in [0.5, 0.6) is 0 Å². The summed E-state index contributed by atoms with van der Waals surface area (Å²) in [5.74, 6) is -0.730. The fraction of sp³-hybridized carbons (Fsp3) is 0.375. The molecular formula is C40H45ClN6O3. The van der Waals surface area contributed by atoms with Gasteiger partial charge in [-0.05, 0) is 86.8 Å². The van der Waals surface area contributed by atoms with Gasteiger partial charge >= 0.3 is 0 Å². The zero-order chi connectivity index (χ0) is 35.1. The van der Waals surface area contributed by atoms with Gasteiger partial charge in [-0.3, -0.25) is 14.4 Å². The predicted octanol–water partition coefficient (Wildman–Crippen LogP) is 6.22. The SMILES string of the molecule is CC(c1c[nH]c2ccccc12)C(NC(=O)C1CCN(C(=O)c2cc3ccccc3n2C)CC1)C(=O)N1CC(CN(C)C)Cc2cc(Cl)ccc21. The standard InChI is InChI=1S/C40H45ClN6O3/c1-25(32-22-42-33-11-7-6-10-31(32)33)37(40(50)47-24-26(23-44(2)3)19-29-20-30(41)13-14-35(29)47)43-38(48)27-15-17-46(18-16-27)39(49)36-21-28-9-5-8-12-34(28)45(36)4/h5-14,20-22,25-27,37,42H,15-19,23-24H2,1-4H3,(H,43,48). The number of halogens is 1. The Labute approximate surface area is 298 Å². The van der Waals surface area contributed by atoms with Gasteiger partial charge in [0.1, 0.15) is 11.7 Å². The molecular weight excluding hydrogens is 648 g/mol. The second-order valence-corrected chi connectivity index (χ2v) is 14.8. The number of carbonyl (C=O) groups is 3. The molecule has 3 aromatic carbocycles. The van der Waals surface area contributed by atoms with Crippen molar-refractivity contribution in [2.45, 2.75) is 38.1 Å². The minimum Gasteiger partial charge on any atom is -0.361 e. The number of benzene rings is 3. The summed E-state index contributed by atoms with van der Waals surface area (Å²) >= 11 is 6.44. The van der Waals surface area contributed by atoms with Gasteiger partial charge in [-0.15, -0.1) is 0 Å². The van der Waals surface area contributed by atoms with E-state index >= 15 is 0 Å². The summed E-state index contributed by atoms with van der Waals surface area (Å²) in [5.41, 5.74) is 5.50. The van der Waals surface area contributed by atoms with Gasteiger partial charge in [0.2, 0.25) is 11.8 Å². The molecule has 2 N–H and O–H groups in total. The van der Waals surface area contributed by atoms with E-state index < -0.39 is 6.04 Å². The van der Waals surface area contributed by atoms with Gasteiger partial charge in [-0.25, -0.2) is 0 Å². The number of likely N-dealkylation sites (tertiary alicyclic amines) is 1. The Hall–Kier alpha value is -4.60. The predicted molar refractivity (Wildman–Crippen MR) is 200 cm³/mol. The second kappa shape index (κ2) is 14.0. The van der Waals surface area contributed by atoms with E-state index in [0.717, 1.165) is 51.6 Å². The Morgan fingerprint density at radius 3 is 2.50 bits per heavy atom. The molecule has 50 heavy (non-hydrogen) atoms. The van der Waals surface area contributed by atoms with Crippen LogP contribution in [0, 0.1) is 11.8 Å². The third kappa shape index (κ3) is 6.52. The van der Waals surface area contributed by atoms with Crippen LogP contribution in [-0.4, -0.2) is 83.4 Å². The first-order valence-electron chi connectivity index (χ1n) is 17.5. The monoisotopic (exact) mass is 692 g/mol. The molecule has 0 spiro atoms. The quantitative estimate of drug-likeness (QED) is 0.202. The minimum absolute atomic E-state index is 0.0280. The highest BCUT2D eigenvalue weighted by molar-refractivity contribution is 6.30. The van der Waals surface area contributed by atoms with Crippen molar-refractivity contribution in [3.63, 3.8) is 0 Å². The molecule has 2 aliphatic heterocycles. The molecule has 0 bridgehead atoms. The molecule has 0 saturated carbocycles. The lowest BCUT2D eigenvalue weighted by Crippen LogP contribution is -2.55. The molecule has 7 rings (SSSR count). The average Bonchev–Trinajstić information content (AvgIpc) is 3.70. The molecule has 10 heteroatoms. The Morgan fingerprint density at radius 2 is 1.74 bits per heavy atom. The van der Waals surface area contributed by atoms with Gasteiger partial charge in [0, 0.05) is 83.8 Å². The van der Waals surface area contributed by atoms with E-state index in [1.165, 1.54) is 0 Å². The maximum atomic E-state index is 14.9. The van der Waals surface area contributed by atoms with E-state index in [1.54, 1.807) is 0 Å². The lowest BCUT2D eigenvalue weighted by Gasteiger charge is -2.39. The van der Waals surface area contributed by atoms with Crippen LogP contribution in [0.15, 0.2) is 79.0 Å². The van der Waals surface area contributed by atoms with Crippen molar-refractivity contribution < 1.29 is 14.4 Å². The van der Waals surface area contributed by atoms with Crippen molar-refractivity contribution in [1.82, 2.24) is 24.7 Å². The van der Waals surface area contributed by atoms with Crippen LogP contribution in [0.2, 0.25) is 5.02 Å². The molecule has 4 heterocycles. The van der Waals surface area contributed by atoms with Crippen molar-refractivity contribution in [3.05, 3.63) is 101 Å². The normalized spacial score (nSPS) is 18.0. The number of aryl methyl sites for hydroxylation is 1. The van der Waals surface area contributed by atoms with Gasteiger partial charge in [0.25, 0.3) is 5.91 Å². The fourth-order valence-corrected chi connectivity index (χ4v) is 8.25. The zero-order valence-electron chi connectivity index (χ0n) is 29.2. The smallest absolute Gasteiger partial charge is 0.270 e. The summed E-state index contributed by atoms with van der Waals surface area (Å²) in [5, 5.41) is 5.95. The van der Waals surface area contributed by atoms with Gasteiger partial charge in [0.05, 0.1) is 0 Å². The third-order valence-electron chi connectivity index (χ3n) is 10.7. The summed E-state index contributed by atoms with van der Waals surface area (Å²) in [6, 6.07) is 22.9. The summed E-state index contributed by atoms with van der Waals surface area (Å²) < 4.78 is 1.94. The summed E-state index contributed by atoms with van der Waals surface area (Å²) in [6.07, 6.45) is 3.83. The van der Waals surface area contributed by atoms with Crippen LogP contribution in [0.1, 0.15) is 47.3 Å². The maximum Gasteiger partial charge on any atom is 0.270 e. The number of piperidine rings is 1. The number of rotatable bonds is 8. The largest absolute Gasteiger partial charge is 0.361 e. The van der Waals surface area contributed by atoms with Gasteiger partial charge in [-0.1, -0.05) is 54.9 Å². The number of nitrogens with one attached hydrogen (secondary N) is 2. The molecule has 5 aromatic rings. The number of aromatic amines is 1. The van der Waals surface area contributed by atoms with Gasteiger partial charge in [0.15, 0.2) is 0 Å². The fourth-order valence-electron chi connectivity index (χ4n) is 8.05. The molecule has 1 saturated heterocycles. The van der Waals surface area contributed by atoms with Crippen molar-refractivity contribution in [3.8, 4) is 0 Å². The van der Waals surface area contributed by atoms with Crippen LogP contribution >= 0.6 is 11.6 Å². The number of H-pyrrole nitrogens is 1. The maximum absolute atomic E-state index is 14.9. The third-order valence-corrected chi connectivity index (χ3v) is 10.9. The second-order valence-electron chi connectivity index (χ2n) is 14.3. The lowest BCUT2D eigenvalue weighted by atomic mass is 9.87. The number of nitrogens with zero attached hydrogens (tertiary/aromatic N) is 4. The number of hydrogen-bond donors (Lipinski definition) is 2. The molecule has 0 radical (unpaired) electrons. The van der Waals surface area contributed by atoms with E-state index in [1.807, 2.05) is 115 Å². The highest BCUT2D eigenvalue weighted by atomic mass is 35.5. The number of aromatic nitrogens is 2. The first-order chi connectivity index (χ1) is 24.1. The lowest BCUT2D eigenvalue weighted by molar-refractivity contribution is -0.131. The highest BCUT2D eigenvalue weighted by Gasteiger charge is 2.39. The summed E-state index contributed by atoms with van der Waals surface area (Å²) in [4.78, 5) is 51.8. The first-order valence-corrected chi connectivity index (χ1v) is 17.9. The number of carbonyl (C=O) groups excluding carboxylic acids is 3. The number of hydrogen-bond acceptors (Lipinski definition) is 4. The molecule has 3 atom stereocenters. The van der Waals surface area contributed by atoms with Crippen molar-refractivity contribution in [2.75, 3.05) is 45.2 Å². The van der Waals surface area contributed by atoms with Crippen molar-refractivity contribution in [2.24, 2.45) is 18.9 Å². The van der Waals surface area contributed by atoms with Crippen LogP contribution in [-0.2, 0) is 23.1 Å². The molecule has 2 aromatic heterocycles. The Kier molecular flexibility index (Phi) is 9.46. The van der Waals surface area contributed by atoms with Crippen LogP contribution in [0.4, 0.5) is 5.69 Å². The van der Waals surface area contributed by atoms with Crippen LogP contribution in [0.25, 0.3) is 21.8 Å². The van der Waals surface area contributed by atoms with Gasteiger partial charge in [-0.2, -0.15) is 0 Å². The van der Waals surface area contributed by atoms with E-state index in [9.17, 15) is 14.4 Å². The van der Waals surface area contributed by atoms with E-state index in [4.69, 9.17) is 11.6 Å². The zero-order valence-corrected chi connectivity index (χ0v) is 29.9. The van der Waals surface area contributed by atoms with E-state index in [-0.39, 0.29) is 35.5 Å². The van der Waals surface area contributed by atoms with Crippen molar-refractivity contribution in [1.29, 1.82) is 0 Å². The molecule has 0 aliphatic carbocycles. The van der Waals surface area contributed by atoms with Gasteiger partial charge < -0.3 is 29.6 Å². The van der Waals surface area contributed by atoms with E-state index in [2.05, 4.69) is 21.3 Å². The van der Waals surface area contributed by atoms with Crippen molar-refractivity contribution >= 4 is 56.8 Å². The van der Waals surface area contributed by atoms with Crippen LogP contribution in [0.3, 0.4) is 0 Å². The highest BCUT2D eigenvalue weighted by Crippen LogP contribution is 2.35. The Bertz CT molecular complexity index is 2060. The molecule has 1 fully saturated rings. The summed E-state index contributed by atoms with van der Waals surface area (Å²) in [7, 11) is 6.00. The van der Waals surface area contributed by atoms with Crippen LogP contribution < -0.4 is 10.2 Å².